The lowest BCUT2D eigenvalue weighted by Crippen LogP contribution is -2.36. The zero-order chi connectivity index (χ0) is 18.6. The Morgan fingerprint density at radius 2 is 2.04 bits per heavy atom. The van der Waals surface area contributed by atoms with Crippen molar-refractivity contribution in [1.82, 2.24) is 19.7 Å². The SMILES string of the molecule is Cn1cnnc1-c1cccc(NC(=O)c2cc(N3CCOCC3)ccn2)c1. The highest BCUT2D eigenvalue weighted by Gasteiger charge is 2.15. The first kappa shape index (κ1) is 17.2. The Kier molecular flexibility index (Phi) is 4.80. The van der Waals surface area contributed by atoms with Crippen LogP contribution in [-0.4, -0.2) is 52.0 Å². The average molecular weight is 364 g/mol. The Bertz CT molecular complexity index is 949. The Balaban J connectivity index is 1.52. The summed E-state index contributed by atoms with van der Waals surface area (Å²) in [5.74, 6) is 0.485. The van der Waals surface area contributed by atoms with Gasteiger partial charge in [-0.1, -0.05) is 12.1 Å². The molecule has 1 aliphatic rings. The number of nitrogens with zero attached hydrogens (tertiary/aromatic N) is 5. The molecule has 3 aromatic rings. The molecule has 8 nitrogen and oxygen atoms in total. The summed E-state index contributed by atoms with van der Waals surface area (Å²) in [7, 11) is 1.88. The Hall–Kier alpha value is -3.26. The van der Waals surface area contributed by atoms with Crippen LogP contribution in [0.5, 0.6) is 0 Å². The Morgan fingerprint density at radius 1 is 1.19 bits per heavy atom. The van der Waals surface area contributed by atoms with Crippen LogP contribution in [-0.2, 0) is 11.8 Å². The molecular formula is C19H20N6O2. The van der Waals surface area contributed by atoms with Gasteiger partial charge in [0.1, 0.15) is 12.0 Å². The predicted molar refractivity (Wildman–Crippen MR) is 102 cm³/mol. The molecule has 138 valence electrons. The number of hydrogen-bond acceptors (Lipinski definition) is 6. The van der Waals surface area contributed by atoms with Crippen LogP contribution < -0.4 is 10.2 Å². The van der Waals surface area contributed by atoms with Crippen molar-refractivity contribution in [2.45, 2.75) is 0 Å². The molecule has 0 aliphatic carbocycles. The smallest absolute Gasteiger partial charge is 0.274 e. The maximum absolute atomic E-state index is 12.7. The molecule has 1 aliphatic heterocycles. The highest BCUT2D eigenvalue weighted by molar-refractivity contribution is 6.03. The van der Waals surface area contributed by atoms with Crippen molar-refractivity contribution in [3.63, 3.8) is 0 Å². The van der Waals surface area contributed by atoms with E-state index in [0.717, 1.165) is 30.2 Å². The molecule has 0 unspecified atom stereocenters. The maximum Gasteiger partial charge on any atom is 0.274 e. The minimum Gasteiger partial charge on any atom is -0.378 e. The van der Waals surface area contributed by atoms with Gasteiger partial charge in [-0.05, 0) is 24.3 Å². The van der Waals surface area contributed by atoms with Crippen molar-refractivity contribution in [1.29, 1.82) is 0 Å². The topological polar surface area (TPSA) is 85.2 Å². The second kappa shape index (κ2) is 7.55. The number of carbonyl (C=O) groups is 1. The fourth-order valence-corrected chi connectivity index (χ4v) is 3.04. The number of anilines is 2. The normalized spacial score (nSPS) is 14.2. The molecule has 3 heterocycles. The van der Waals surface area contributed by atoms with Crippen LogP contribution in [0.1, 0.15) is 10.5 Å². The number of amides is 1. The molecular weight excluding hydrogens is 344 g/mol. The second-order valence-corrected chi connectivity index (χ2v) is 6.30. The molecule has 0 radical (unpaired) electrons. The van der Waals surface area contributed by atoms with Crippen LogP contribution in [0, 0.1) is 0 Å². The number of aromatic nitrogens is 4. The molecule has 1 fully saturated rings. The molecule has 2 aromatic heterocycles. The lowest BCUT2D eigenvalue weighted by Gasteiger charge is -2.28. The standard InChI is InChI=1S/C19H20N6O2/c1-24-13-21-23-18(24)14-3-2-4-15(11-14)22-19(26)17-12-16(5-6-20-17)25-7-9-27-10-8-25/h2-6,11-13H,7-10H2,1H3,(H,22,26). The van der Waals surface area contributed by atoms with E-state index in [1.807, 2.05) is 48.0 Å². The van der Waals surface area contributed by atoms with Gasteiger partial charge < -0.3 is 19.5 Å². The fourth-order valence-electron chi connectivity index (χ4n) is 3.04. The average Bonchev–Trinajstić information content (AvgIpc) is 3.15. The van der Waals surface area contributed by atoms with Gasteiger partial charge in [-0.3, -0.25) is 9.78 Å². The first-order valence-corrected chi connectivity index (χ1v) is 8.75. The summed E-state index contributed by atoms with van der Waals surface area (Å²) >= 11 is 0. The summed E-state index contributed by atoms with van der Waals surface area (Å²) in [6, 6.07) is 11.2. The van der Waals surface area contributed by atoms with Gasteiger partial charge in [-0.2, -0.15) is 0 Å². The molecule has 8 heteroatoms. The highest BCUT2D eigenvalue weighted by Crippen LogP contribution is 2.21. The van der Waals surface area contributed by atoms with E-state index >= 15 is 0 Å². The largest absolute Gasteiger partial charge is 0.378 e. The van der Waals surface area contributed by atoms with E-state index < -0.39 is 0 Å². The van der Waals surface area contributed by atoms with Crippen LogP contribution in [0.15, 0.2) is 48.9 Å². The van der Waals surface area contributed by atoms with Gasteiger partial charge in [0.2, 0.25) is 0 Å². The Morgan fingerprint density at radius 3 is 2.81 bits per heavy atom. The first-order chi connectivity index (χ1) is 13.2. The quantitative estimate of drug-likeness (QED) is 0.762. The summed E-state index contributed by atoms with van der Waals surface area (Å²) in [5, 5.41) is 10.9. The monoisotopic (exact) mass is 364 g/mol. The molecule has 0 bridgehead atoms. The molecule has 0 atom stereocenters. The van der Waals surface area contributed by atoms with Crippen molar-refractivity contribution >= 4 is 17.3 Å². The van der Waals surface area contributed by atoms with Crippen molar-refractivity contribution in [2.75, 3.05) is 36.5 Å². The molecule has 0 spiro atoms. The van der Waals surface area contributed by atoms with E-state index in [4.69, 9.17) is 4.74 Å². The van der Waals surface area contributed by atoms with Crippen LogP contribution in [0.25, 0.3) is 11.4 Å². The molecule has 1 saturated heterocycles. The second-order valence-electron chi connectivity index (χ2n) is 6.30. The maximum atomic E-state index is 12.7. The van der Waals surface area contributed by atoms with Crippen molar-refractivity contribution in [3.8, 4) is 11.4 Å². The molecule has 4 rings (SSSR count). The predicted octanol–water partition coefficient (Wildman–Crippen LogP) is 1.97. The zero-order valence-corrected chi connectivity index (χ0v) is 15.0. The van der Waals surface area contributed by atoms with Gasteiger partial charge in [0.15, 0.2) is 5.82 Å². The summed E-state index contributed by atoms with van der Waals surface area (Å²) < 4.78 is 7.21. The summed E-state index contributed by atoms with van der Waals surface area (Å²) in [5.41, 5.74) is 2.91. The molecule has 1 amide bonds. The number of morpholine rings is 1. The third-order valence-corrected chi connectivity index (χ3v) is 4.44. The van der Waals surface area contributed by atoms with Crippen LogP contribution in [0.2, 0.25) is 0 Å². The minimum atomic E-state index is -0.250. The third-order valence-electron chi connectivity index (χ3n) is 4.44. The van der Waals surface area contributed by atoms with Crippen molar-refractivity contribution in [2.24, 2.45) is 7.05 Å². The minimum absolute atomic E-state index is 0.250. The summed E-state index contributed by atoms with van der Waals surface area (Å²) in [4.78, 5) is 19.1. The Labute approximate surface area is 156 Å². The van der Waals surface area contributed by atoms with E-state index in [9.17, 15) is 4.79 Å². The number of hydrogen-bond donors (Lipinski definition) is 1. The number of pyridine rings is 1. The van der Waals surface area contributed by atoms with Gasteiger partial charge in [-0.25, -0.2) is 0 Å². The third kappa shape index (κ3) is 3.80. The lowest BCUT2D eigenvalue weighted by atomic mass is 10.2. The van der Waals surface area contributed by atoms with Gasteiger partial charge in [0, 0.05) is 43.3 Å². The number of benzene rings is 1. The fraction of sp³-hybridized carbons (Fsp3) is 0.263. The van der Waals surface area contributed by atoms with E-state index in [1.165, 1.54) is 0 Å². The lowest BCUT2D eigenvalue weighted by molar-refractivity contribution is 0.102. The van der Waals surface area contributed by atoms with Crippen LogP contribution in [0.4, 0.5) is 11.4 Å². The zero-order valence-electron chi connectivity index (χ0n) is 15.0. The number of nitrogens with one attached hydrogen (secondary N) is 1. The van der Waals surface area contributed by atoms with E-state index in [0.29, 0.717) is 24.6 Å². The molecule has 0 saturated carbocycles. The molecule has 27 heavy (non-hydrogen) atoms. The van der Waals surface area contributed by atoms with E-state index in [-0.39, 0.29) is 5.91 Å². The van der Waals surface area contributed by atoms with Crippen molar-refractivity contribution < 1.29 is 9.53 Å². The van der Waals surface area contributed by atoms with Gasteiger partial charge >= 0.3 is 0 Å². The molecule has 1 aromatic carbocycles. The highest BCUT2D eigenvalue weighted by atomic mass is 16.5. The van der Waals surface area contributed by atoms with E-state index in [1.54, 1.807) is 12.5 Å². The van der Waals surface area contributed by atoms with Crippen LogP contribution in [0.3, 0.4) is 0 Å². The number of rotatable bonds is 4. The summed E-state index contributed by atoms with van der Waals surface area (Å²) in [6.07, 6.45) is 3.30. The summed E-state index contributed by atoms with van der Waals surface area (Å²) in [6.45, 7) is 3.01. The van der Waals surface area contributed by atoms with Gasteiger partial charge in [0.25, 0.3) is 5.91 Å². The van der Waals surface area contributed by atoms with E-state index in [2.05, 4.69) is 25.4 Å². The van der Waals surface area contributed by atoms with Crippen molar-refractivity contribution in [3.05, 3.63) is 54.6 Å². The molecule has 1 N–H and O–H groups in total. The number of ether oxygens (including phenoxy) is 1. The van der Waals surface area contributed by atoms with Gasteiger partial charge in [-0.15, -0.1) is 10.2 Å². The number of carbonyl (C=O) groups excluding carboxylic acids is 1. The van der Waals surface area contributed by atoms with Crippen LogP contribution >= 0.6 is 0 Å². The number of aryl methyl sites for hydroxylation is 1. The first-order valence-electron chi connectivity index (χ1n) is 8.75. The van der Waals surface area contributed by atoms with Gasteiger partial charge in [0.05, 0.1) is 13.2 Å².